The van der Waals surface area contributed by atoms with Gasteiger partial charge in [-0.3, -0.25) is 0 Å². The van der Waals surface area contributed by atoms with Gasteiger partial charge in [-0.1, -0.05) is 35.5 Å². The van der Waals surface area contributed by atoms with Crippen molar-refractivity contribution in [1.82, 2.24) is 5.17 Å². The second kappa shape index (κ2) is 5.80. The van der Waals surface area contributed by atoms with Crippen molar-refractivity contribution in [3.05, 3.63) is 35.9 Å². The van der Waals surface area contributed by atoms with E-state index < -0.39 is 5.41 Å². The number of nitrogens with zero attached hydrogens (tertiary/aromatic N) is 1. The molecule has 0 radical (unpaired) electrons. The zero-order valence-electron chi connectivity index (χ0n) is 10.6. The summed E-state index contributed by atoms with van der Waals surface area (Å²) in [6.45, 7) is 5.85. The summed E-state index contributed by atoms with van der Waals surface area (Å²) in [7, 11) is 0. The largest absolute Gasteiger partial charge is 0.353 e. The normalized spacial score (nSPS) is 11.6. The molecule has 0 unspecified atom stereocenters. The minimum absolute atomic E-state index is 0.326. The molecule has 0 heterocycles. The lowest BCUT2D eigenvalue weighted by Gasteiger charge is -2.21. The minimum atomic E-state index is -0.537. The summed E-state index contributed by atoms with van der Waals surface area (Å²) >= 11 is 0. The number of rotatable bonds is 4. The van der Waals surface area contributed by atoms with Crippen molar-refractivity contribution in [3.8, 4) is 0 Å². The van der Waals surface area contributed by atoms with Crippen LogP contribution in [0, 0.1) is 5.41 Å². The second-order valence-electron chi connectivity index (χ2n) is 5.01. The Bertz CT molecular complexity index is 357. The molecule has 0 saturated heterocycles. The predicted molar refractivity (Wildman–Crippen MR) is 66.6 cm³/mol. The van der Waals surface area contributed by atoms with Crippen LogP contribution in [0.4, 0.5) is 0 Å². The molecule has 0 aliphatic heterocycles. The highest BCUT2D eigenvalue weighted by Crippen LogP contribution is 2.15. The molecule has 1 aromatic carbocycles. The van der Waals surface area contributed by atoms with E-state index in [0.29, 0.717) is 6.54 Å². The van der Waals surface area contributed by atoms with Crippen molar-refractivity contribution < 1.29 is 9.63 Å². The highest BCUT2D eigenvalue weighted by Gasteiger charge is 2.25. The molecule has 4 nitrogen and oxygen atoms in total. The molecule has 0 amide bonds. The van der Waals surface area contributed by atoms with Gasteiger partial charge in [0, 0.05) is 0 Å². The Balaban J connectivity index is 2.36. The van der Waals surface area contributed by atoms with Crippen LogP contribution in [0.1, 0.15) is 26.3 Å². The van der Waals surface area contributed by atoms with Crippen molar-refractivity contribution >= 4 is 5.97 Å². The molecule has 0 saturated carbocycles. The van der Waals surface area contributed by atoms with E-state index in [1.807, 2.05) is 30.3 Å². The molecule has 1 aromatic rings. The summed E-state index contributed by atoms with van der Waals surface area (Å²) in [5, 5.41) is 1.10. The predicted octanol–water partition coefficient (Wildman–Crippen LogP) is 1.91. The number of carbonyl (C=O) groups excluding carboxylic acids is 1. The molecule has 0 aliphatic rings. The Labute approximate surface area is 102 Å². The standard InChI is InChI=1S/C13H20N2O2/c1-13(2,3)12(16)17-15(14)10-9-11-7-5-4-6-8-11/h4-8H,9-10,14H2,1-3H3. The fourth-order valence-electron chi connectivity index (χ4n) is 1.17. The van der Waals surface area contributed by atoms with Crippen LogP contribution in [0.2, 0.25) is 0 Å². The molecule has 17 heavy (non-hydrogen) atoms. The summed E-state index contributed by atoms with van der Waals surface area (Å²) < 4.78 is 0. The Morgan fingerprint density at radius 2 is 1.88 bits per heavy atom. The Morgan fingerprint density at radius 3 is 2.41 bits per heavy atom. The molecule has 0 aromatic heterocycles. The van der Waals surface area contributed by atoms with E-state index in [9.17, 15) is 4.79 Å². The van der Waals surface area contributed by atoms with E-state index in [4.69, 9.17) is 10.7 Å². The molecule has 0 atom stereocenters. The van der Waals surface area contributed by atoms with Gasteiger partial charge in [0.1, 0.15) is 0 Å². The third-order valence-electron chi connectivity index (χ3n) is 2.28. The topological polar surface area (TPSA) is 55.6 Å². The fourth-order valence-corrected chi connectivity index (χ4v) is 1.17. The maximum absolute atomic E-state index is 11.5. The Morgan fingerprint density at radius 1 is 1.29 bits per heavy atom. The number of benzene rings is 1. The van der Waals surface area contributed by atoms with Gasteiger partial charge in [-0.25, -0.2) is 10.6 Å². The van der Waals surface area contributed by atoms with Crippen LogP contribution in [0.25, 0.3) is 0 Å². The van der Waals surface area contributed by atoms with Crippen LogP contribution in [-0.2, 0) is 16.1 Å². The van der Waals surface area contributed by atoms with Crippen LogP contribution in [0.15, 0.2) is 30.3 Å². The zero-order chi connectivity index (χ0) is 12.9. The maximum Gasteiger partial charge on any atom is 0.332 e. The fraction of sp³-hybridized carbons (Fsp3) is 0.462. The minimum Gasteiger partial charge on any atom is -0.353 e. The number of carbonyl (C=O) groups is 1. The molecule has 94 valence electrons. The molecule has 0 aliphatic carbocycles. The molecule has 1 rings (SSSR count). The summed E-state index contributed by atoms with van der Waals surface area (Å²) in [6, 6.07) is 9.93. The zero-order valence-corrected chi connectivity index (χ0v) is 10.6. The summed E-state index contributed by atoms with van der Waals surface area (Å²) in [4.78, 5) is 16.6. The van der Waals surface area contributed by atoms with Crippen molar-refractivity contribution in [2.45, 2.75) is 27.2 Å². The number of hydrazine groups is 1. The third-order valence-corrected chi connectivity index (χ3v) is 2.28. The smallest absolute Gasteiger partial charge is 0.332 e. The quantitative estimate of drug-likeness (QED) is 0.641. The lowest BCUT2D eigenvalue weighted by atomic mass is 9.98. The molecular formula is C13H20N2O2. The lowest BCUT2D eigenvalue weighted by Crippen LogP contribution is -2.39. The van der Waals surface area contributed by atoms with Crippen LogP contribution in [-0.4, -0.2) is 17.7 Å². The highest BCUT2D eigenvalue weighted by molar-refractivity contribution is 5.75. The van der Waals surface area contributed by atoms with Crippen molar-refractivity contribution in [2.24, 2.45) is 11.3 Å². The molecule has 2 N–H and O–H groups in total. The molecular weight excluding hydrogens is 216 g/mol. The SMILES string of the molecule is CC(C)(C)C(=O)ON(N)CCc1ccccc1. The van der Waals surface area contributed by atoms with Gasteiger partial charge in [-0.15, -0.1) is 0 Å². The van der Waals surface area contributed by atoms with E-state index in [1.54, 1.807) is 20.8 Å². The van der Waals surface area contributed by atoms with E-state index in [2.05, 4.69) is 0 Å². The van der Waals surface area contributed by atoms with Crippen LogP contribution >= 0.6 is 0 Å². The first-order chi connectivity index (χ1) is 7.89. The van der Waals surface area contributed by atoms with E-state index in [1.165, 1.54) is 0 Å². The van der Waals surface area contributed by atoms with Gasteiger partial charge < -0.3 is 4.84 Å². The Kier molecular flexibility index (Phi) is 4.66. The lowest BCUT2D eigenvalue weighted by molar-refractivity contribution is -0.201. The molecule has 0 spiro atoms. The van der Waals surface area contributed by atoms with Gasteiger partial charge in [0.15, 0.2) is 0 Å². The van der Waals surface area contributed by atoms with Crippen LogP contribution in [0.3, 0.4) is 0 Å². The molecule has 0 bridgehead atoms. The first-order valence-corrected chi connectivity index (χ1v) is 5.68. The Hall–Kier alpha value is -1.39. The molecule has 0 fully saturated rings. The van der Waals surface area contributed by atoms with Crippen LogP contribution in [0.5, 0.6) is 0 Å². The van der Waals surface area contributed by atoms with Gasteiger partial charge in [0.05, 0.1) is 12.0 Å². The summed E-state index contributed by atoms with van der Waals surface area (Å²) in [5.41, 5.74) is 0.624. The number of nitrogens with two attached hydrogens (primary N) is 1. The van der Waals surface area contributed by atoms with Gasteiger partial charge in [-0.2, -0.15) is 0 Å². The summed E-state index contributed by atoms with van der Waals surface area (Å²) in [6.07, 6.45) is 0.745. The van der Waals surface area contributed by atoms with Crippen molar-refractivity contribution in [3.63, 3.8) is 0 Å². The van der Waals surface area contributed by atoms with E-state index in [0.717, 1.165) is 17.2 Å². The first kappa shape index (κ1) is 13.7. The van der Waals surface area contributed by atoms with Gasteiger partial charge in [0.2, 0.25) is 0 Å². The summed E-state index contributed by atoms with van der Waals surface area (Å²) in [5.74, 6) is 5.28. The van der Waals surface area contributed by atoms with Crippen LogP contribution < -0.4 is 5.84 Å². The number of hydroxylamine groups is 1. The van der Waals surface area contributed by atoms with Gasteiger partial charge in [-0.05, 0) is 32.8 Å². The highest BCUT2D eigenvalue weighted by atomic mass is 16.7. The van der Waals surface area contributed by atoms with E-state index >= 15 is 0 Å². The molecule has 4 heteroatoms. The average molecular weight is 236 g/mol. The number of hydrogen-bond donors (Lipinski definition) is 1. The maximum atomic E-state index is 11.5. The number of hydrogen-bond acceptors (Lipinski definition) is 4. The first-order valence-electron chi connectivity index (χ1n) is 5.68. The monoisotopic (exact) mass is 236 g/mol. The third kappa shape index (κ3) is 4.97. The average Bonchev–Trinajstić information content (AvgIpc) is 2.26. The second-order valence-corrected chi connectivity index (χ2v) is 5.01. The van der Waals surface area contributed by atoms with E-state index in [-0.39, 0.29) is 5.97 Å². The van der Waals surface area contributed by atoms with Gasteiger partial charge in [0.25, 0.3) is 0 Å². The van der Waals surface area contributed by atoms with Gasteiger partial charge >= 0.3 is 5.97 Å². The van der Waals surface area contributed by atoms with Crippen molar-refractivity contribution in [2.75, 3.05) is 6.54 Å². The van der Waals surface area contributed by atoms with Crippen molar-refractivity contribution in [1.29, 1.82) is 0 Å².